The van der Waals surface area contributed by atoms with E-state index in [-0.39, 0.29) is 0 Å². The van der Waals surface area contributed by atoms with Crippen LogP contribution in [0.4, 0.5) is 0 Å². The third-order valence-electron chi connectivity index (χ3n) is 1.87. The lowest BCUT2D eigenvalue weighted by atomic mass is 10.2. The van der Waals surface area contributed by atoms with Crippen molar-refractivity contribution in [3.63, 3.8) is 0 Å². The van der Waals surface area contributed by atoms with Crippen LogP contribution in [0.5, 0.6) is 0 Å². The Labute approximate surface area is 97.1 Å². The summed E-state index contributed by atoms with van der Waals surface area (Å²) < 4.78 is 0. The molecule has 0 aliphatic rings. The Morgan fingerprint density at radius 2 is 1.94 bits per heavy atom. The van der Waals surface area contributed by atoms with Gasteiger partial charge in [0, 0.05) is 5.56 Å². The molecule has 0 bridgehead atoms. The van der Waals surface area contributed by atoms with Gasteiger partial charge in [-0.2, -0.15) is 0 Å². The van der Waals surface area contributed by atoms with E-state index in [2.05, 4.69) is 21.8 Å². The Morgan fingerprint density at radius 3 is 2.69 bits per heavy atom. The van der Waals surface area contributed by atoms with Crippen LogP contribution >= 0.6 is 11.6 Å². The van der Waals surface area contributed by atoms with Crippen LogP contribution in [0.2, 0.25) is 5.02 Å². The number of aromatic amines is 1. The van der Waals surface area contributed by atoms with Gasteiger partial charge in [-0.05, 0) is 18.1 Å². The van der Waals surface area contributed by atoms with Crippen molar-refractivity contribution in [3.8, 4) is 11.8 Å². The normalized spacial score (nSPS) is 9.31. The molecular weight excluding hydrogens is 224 g/mol. The van der Waals surface area contributed by atoms with Crippen LogP contribution in [0, 0.1) is 11.8 Å². The Kier molecular flexibility index (Phi) is 3.04. The number of hydrogen-bond acceptors (Lipinski definition) is 2. The molecule has 4 heteroatoms. The third-order valence-corrected chi connectivity index (χ3v) is 2.16. The van der Waals surface area contributed by atoms with Crippen LogP contribution < -0.4 is 5.69 Å². The smallest absolute Gasteiger partial charge is 0.297 e. The zero-order chi connectivity index (χ0) is 11.4. The number of benzene rings is 1. The van der Waals surface area contributed by atoms with Crippen molar-refractivity contribution in [2.45, 2.75) is 0 Å². The van der Waals surface area contributed by atoms with E-state index in [9.17, 15) is 4.79 Å². The predicted molar refractivity (Wildman–Crippen MR) is 62.3 cm³/mol. The minimum atomic E-state index is -0.457. The van der Waals surface area contributed by atoms with E-state index in [1.165, 1.54) is 6.20 Å². The molecule has 2 rings (SSSR count). The lowest BCUT2D eigenvalue weighted by Crippen LogP contribution is -2.10. The zero-order valence-electron chi connectivity index (χ0n) is 8.20. The summed E-state index contributed by atoms with van der Waals surface area (Å²) in [6.45, 7) is 0. The summed E-state index contributed by atoms with van der Waals surface area (Å²) in [4.78, 5) is 16.9. The van der Waals surface area contributed by atoms with Gasteiger partial charge in [-0.1, -0.05) is 35.7 Å². The monoisotopic (exact) mass is 230 g/mol. The van der Waals surface area contributed by atoms with Gasteiger partial charge in [0.25, 0.3) is 0 Å². The molecule has 0 aliphatic heterocycles. The summed E-state index contributed by atoms with van der Waals surface area (Å²) in [5.74, 6) is 5.69. The maximum Gasteiger partial charge on any atom is 0.345 e. The zero-order valence-corrected chi connectivity index (χ0v) is 8.95. The van der Waals surface area contributed by atoms with Crippen molar-refractivity contribution in [3.05, 3.63) is 63.3 Å². The molecule has 0 saturated heterocycles. The van der Waals surface area contributed by atoms with Crippen LogP contribution in [0.15, 0.2) is 41.3 Å². The van der Waals surface area contributed by atoms with Gasteiger partial charge in [-0.15, -0.1) is 0 Å². The molecule has 0 fully saturated rings. The highest BCUT2D eigenvalue weighted by molar-refractivity contribution is 6.31. The van der Waals surface area contributed by atoms with E-state index in [0.29, 0.717) is 10.7 Å². The van der Waals surface area contributed by atoms with Gasteiger partial charge < -0.3 is 0 Å². The maximum absolute atomic E-state index is 11.0. The van der Waals surface area contributed by atoms with Gasteiger partial charge >= 0.3 is 5.69 Å². The lowest BCUT2D eigenvalue weighted by molar-refractivity contribution is 1.06. The molecule has 0 amide bonds. The van der Waals surface area contributed by atoms with E-state index >= 15 is 0 Å². The molecule has 0 atom stereocenters. The molecule has 0 aliphatic carbocycles. The molecule has 0 radical (unpaired) electrons. The van der Waals surface area contributed by atoms with Gasteiger partial charge in [-0.25, -0.2) is 9.78 Å². The molecule has 1 heterocycles. The summed E-state index contributed by atoms with van der Waals surface area (Å²) in [7, 11) is 0. The fraction of sp³-hybridized carbons (Fsp3) is 0. The van der Waals surface area contributed by atoms with Gasteiger partial charge in [0.05, 0.1) is 11.2 Å². The molecule has 2 aromatic rings. The molecule has 0 unspecified atom stereocenters. The van der Waals surface area contributed by atoms with Crippen molar-refractivity contribution in [2.75, 3.05) is 0 Å². The predicted octanol–water partition coefficient (Wildman–Crippen LogP) is 1.82. The van der Waals surface area contributed by atoms with E-state index in [1.54, 1.807) is 0 Å². The Morgan fingerprint density at radius 1 is 1.19 bits per heavy atom. The highest BCUT2D eigenvalue weighted by Gasteiger charge is 1.97. The molecule has 0 saturated carbocycles. The molecule has 1 aromatic carbocycles. The first-order valence-corrected chi connectivity index (χ1v) is 4.95. The van der Waals surface area contributed by atoms with Gasteiger partial charge in [0.15, 0.2) is 0 Å². The molecule has 78 valence electrons. The summed E-state index contributed by atoms with van der Waals surface area (Å²) in [6.07, 6.45) is 1.29. The number of halogens is 1. The first-order chi connectivity index (χ1) is 7.75. The van der Waals surface area contributed by atoms with Gasteiger partial charge in [0.2, 0.25) is 0 Å². The third kappa shape index (κ3) is 2.50. The second-order valence-electron chi connectivity index (χ2n) is 3.03. The van der Waals surface area contributed by atoms with Crippen LogP contribution in [-0.4, -0.2) is 9.97 Å². The Bertz CT molecular complexity index is 608. The van der Waals surface area contributed by atoms with Crippen LogP contribution in [-0.2, 0) is 0 Å². The lowest BCUT2D eigenvalue weighted by Gasteiger charge is -1.92. The molecule has 1 aromatic heterocycles. The fourth-order valence-electron chi connectivity index (χ4n) is 1.13. The number of nitrogens with zero attached hydrogens (tertiary/aromatic N) is 1. The second kappa shape index (κ2) is 4.65. The fourth-order valence-corrected chi connectivity index (χ4v) is 1.27. The van der Waals surface area contributed by atoms with Crippen molar-refractivity contribution in [1.29, 1.82) is 0 Å². The SMILES string of the molecule is O=c1ncc(Cl)c(C#Cc2ccccc2)[nH]1. The standard InChI is InChI=1S/C12H7ClN2O/c13-10-8-14-12(16)15-11(10)7-6-9-4-2-1-3-5-9/h1-5,8H,(H,14,15,16). The first-order valence-electron chi connectivity index (χ1n) is 4.57. The Hall–Kier alpha value is -2.05. The number of aromatic nitrogens is 2. The highest BCUT2D eigenvalue weighted by Crippen LogP contribution is 2.07. The minimum absolute atomic E-state index is 0.336. The number of rotatable bonds is 0. The topological polar surface area (TPSA) is 45.8 Å². The van der Waals surface area contributed by atoms with Crippen molar-refractivity contribution >= 4 is 11.6 Å². The molecule has 0 spiro atoms. The number of hydrogen-bond donors (Lipinski definition) is 1. The van der Waals surface area contributed by atoms with Crippen molar-refractivity contribution < 1.29 is 0 Å². The summed E-state index contributed by atoms with van der Waals surface area (Å²) in [5.41, 5.74) is 0.781. The summed E-state index contributed by atoms with van der Waals surface area (Å²) in [5, 5.41) is 0.336. The van der Waals surface area contributed by atoms with E-state index in [4.69, 9.17) is 11.6 Å². The Balaban J connectivity index is 2.38. The van der Waals surface area contributed by atoms with Crippen LogP contribution in [0.25, 0.3) is 0 Å². The minimum Gasteiger partial charge on any atom is -0.297 e. The summed E-state index contributed by atoms with van der Waals surface area (Å²) >= 11 is 5.83. The van der Waals surface area contributed by atoms with Crippen LogP contribution in [0.3, 0.4) is 0 Å². The molecule has 3 nitrogen and oxygen atoms in total. The van der Waals surface area contributed by atoms with Gasteiger partial charge in [0.1, 0.15) is 5.69 Å². The largest absolute Gasteiger partial charge is 0.345 e. The van der Waals surface area contributed by atoms with E-state index in [0.717, 1.165) is 5.56 Å². The second-order valence-corrected chi connectivity index (χ2v) is 3.43. The molecule has 1 N–H and O–H groups in total. The number of H-pyrrole nitrogens is 1. The highest BCUT2D eigenvalue weighted by atomic mass is 35.5. The first kappa shape index (κ1) is 10.5. The van der Waals surface area contributed by atoms with E-state index < -0.39 is 5.69 Å². The number of nitrogens with one attached hydrogen (secondary N) is 1. The quantitative estimate of drug-likeness (QED) is 0.702. The average molecular weight is 231 g/mol. The summed E-state index contributed by atoms with van der Waals surface area (Å²) in [6, 6.07) is 9.44. The average Bonchev–Trinajstić information content (AvgIpc) is 2.32. The molecular formula is C12H7ClN2O. The van der Waals surface area contributed by atoms with Gasteiger partial charge in [-0.3, -0.25) is 4.98 Å². The van der Waals surface area contributed by atoms with E-state index in [1.807, 2.05) is 30.3 Å². The van der Waals surface area contributed by atoms with Crippen LogP contribution in [0.1, 0.15) is 11.3 Å². The maximum atomic E-state index is 11.0. The molecule has 16 heavy (non-hydrogen) atoms. The van der Waals surface area contributed by atoms with Crippen molar-refractivity contribution in [2.24, 2.45) is 0 Å². The van der Waals surface area contributed by atoms with Crippen molar-refractivity contribution in [1.82, 2.24) is 9.97 Å².